The van der Waals surface area contributed by atoms with Crippen molar-refractivity contribution >= 4 is 16.9 Å². The largest absolute Gasteiger partial charge is 0.494 e. The third-order valence-electron chi connectivity index (χ3n) is 5.73. The predicted octanol–water partition coefficient (Wildman–Crippen LogP) is 4.57. The zero-order valence-corrected chi connectivity index (χ0v) is 17.5. The normalized spacial score (nSPS) is 16.9. The molecule has 0 aliphatic carbocycles. The van der Waals surface area contributed by atoms with Crippen LogP contribution in [0.1, 0.15) is 49.9 Å². The van der Waals surface area contributed by atoms with Crippen molar-refractivity contribution in [3.63, 3.8) is 0 Å². The van der Waals surface area contributed by atoms with Gasteiger partial charge in [0.1, 0.15) is 11.6 Å². The Morgan fingerprint density at radius 3 is 2.59 bits per heavy atom. The molecule has 0 radical (unpaired) electrons. The van der Waals surface area contributed by atoms with Gasteiger partial charge in [-0.2, -0.15) is 0 Å². The maximum atomic E-state index is 12.0. The van der Waals surface area contributed by atoms with E-state index in [-0.39, 0.29) is 11.8 Å². The van der Waals surface area contributed by atoms with Gasteiger partial charge in [-0.25, -0.2) is 4.98 Å². The van der Waals surface area contributed by atoms with Crippen LogP contribution in [0.3, 0.4) is 0 Å². The van der Waals surface area contributed by atoms with Crippen molar-refractivity contribution < 1.29 is 9.53 Å². The van der Waals surface area contributed by atoms with Crippen LogP contribution in [0.4, 0.5) is 0 Å². The quantitative estimate of drug-likeness (QED) is 0.554. The van der Waals surface area contributed by atoms with Crippen molar-refractivity contribution in [1.29, 1.82) is 0 Å². The van der Waals surface area contributed by atoms with Gasteiger partial charge in [0.15, 0.2) is 0 Å². The summed E-state index contributed by atoms with van der Waals surface area (Å²) in [5.74, 6) is 2.81. The van der Waals surface area contributed by atoms with Crippen LogP contribution < -0.4 is 4.74 Å². The Balaban J connectivity index is 1.44. The van der Waals surface area contributed by atoms with Crippen LogP contribution in [-0.4, -0.2) is 40.6 Å². The van der Waals surface area contributed by atoms with Gasteiger partial charge >= 0.3 is 0 Å². The summed E-state index contributed by atoms with van der Waals surface area (Å²) >= 11 is 0. The minimum atomic E-state index is 0.157. The number of ether oxygens (including phenoxy) is 1. The molecule has 1 amide bonds. The highest BCUT2D eigenvalue weighted by atomic mass is 16.5. The van der Waals surface area contributed by atoms with Crippen LogP contribution in [-0.2, 0) is 11.3 Å². The average molecular weight is 392 g/mol. The van der Waals surface area contributed by atoms with Crippen molar-refractivity contribution in [2.24, 2.45) is 0 Å². The van der Waals surface area contributed by atoms with E-state index >= 15 is 0 Å². The first-order valence-electron chi connectivity index (χ1n) is 10.4. The molecule has 1 saturated heterocycles. The molecular formula is C24H29N3O2. The van der Waals surface area contributed by atoms with Gasteiger partial charge in [-0.3, -0.25) is 4.79 Å². The van der Waals surface area contributed by atoms with Crippen molar-refractivity contribution in [3.05, 3.63) is 59.9 Å². The van der Waals surface area contributed by atoms with Gasteiger partial charge in [-0.1, -0.05) is 38.1 Å². The number of hydrogen-bond acceptors (Lipinski definition) is 3. The van der Waals surface area contributed by atoms with Crippen LogP contribution in [0.5, 0.6) is 5.75 Å². The Bertz CT molecular complexity index is 991. The van der Waals surface area contributed by atoms with Gasteiger partial charge in [0.05, 0.1) is 17.6 Å². The molecule has 0 spiro atoms. The number of imidazole rings is 1. The van der Waals surface area contributed by atoms with Gasteiger partial charge < -0.3 is 14.2 Å². The molecule has 3 aromatic rings. The van der Waals surface area contributed by atoms with Gasteiger partial charge in [0.2, 0.25) is 5.91 Å². The first kappa shape index (κ1) is 19.5. The molecule has 1 unspecified atom stereocenters. The highest BCUT2D eigenvalue weighted by Crippen LogP contribution is 2.30. The number of nitrogens with zero attached hydrogens (tertiary/aromatic N) is 3. The van der Waals surface area contributed by atoms with Crippen molar-refractivity contribution in [3.8, 4) is 5.75 Å². The van der Waals surface area contributed by atoms with E-state index in [2.05, 4.69) is 36.6 Å². The summed E-state index contributed by atoms with van der Waals surface area (Å²) in [5, 5.41) is 0. The summed E-state index contributed by atoms with van der Waals surface area (Å²) < 4.78 is 8.23. The number of likely N-dealkylation sites (tertiary alicyclic amines) is 1. The predicted molar refractivity (Wildman–Crippen MR) is 115 cm³/mol. The van der Waals surface area contributed by atoms with Crippen LogP contribution in [0.25, 0.3) is 11.0 Å². The van der Waals surface area contributed by atoms with E-state index in [4.69, 9.17) is 9.72 Å². The molecule has 152 valence electrons. The van der Waals surface area contributed by atoms with Crippen LogP contribution in [0.15, 0.2) is 48.5 Å². The van der Waals surface area contributed by atoms with Crippen LogP contribution in [0.2, 0.25) is 0 Å². The number of hydrogen-bond donors (Lipinski definition) is 0. The number of para-hydroxylation sites is 2. The van der Waals surface area contributed by atoms with Crippen LogP contribution >= 0.6 is 0 Å². The molecular weight excluding hydrogens is 362 g/mol. The Kier molecular flexibility index (Phi) is 5.56. The molecule has 0 bridgehead atoms. The highest BCUT2D eigenvalue weighted by Gasteiger charge is 2.31. The van der Waals surface area contributed by atoms with Crippen molar-refractivity contribution in [2.45, 2.75) is 45.1 Å². The maximum absolute atomic E-state index is 12.0. The number of carbonyl (C=O) groups excluding carboxylic acids is 1. The lowest BCUT2D eigenvalue weighted by atomic mass is 10.0. The molecule has 5 heteroatoms. The van der Waals surface area contributed by atoms with Gasteiger partial charge in [0, 0.05) is 32.5 Å². The lowest BCUT2D eigenvalue weighted by Gasteiger charge is -2.14. The van der Waals surface area contributed by atoms with Gasteiger partial charge in [0.25, 0.3) is 0 Å². The lowest BCUT2D eigenvalue weighted by Crippen LogP contribution is -2.19. The fraction of sp³-hybridized carbons (Fsp3) is 0.417. The second-order valence-electron chi connectivity index (χ2n) is 8.21. The SMILES string of the molecule is CC(C)c1ccc(OCCCn2c(C3CC(=O)N(C)C3)nc3ccccc32)cc1. The smallest absolute Gasteiger partial charge is 0.223 e. The first-order valence-corrected chi connectivity index (χ1v) is 10.4. The van der Waals surface area contributed by atoms with E-state index in [9.17, 15) is 4.79 Å². The van der Waals surface area contributed by atoms with Crippen molar-refractivity contribution in [1.82, 2.24) is 14.5 Å². The molecule has 0 saturated carbocycles. The second-order valence-corrected chi connectivity index (χ2v) is 8.21. The van der Waals surface area contributed by atoms with Gasteiger partial charge in [-0.05, 0) is 42.2 Å². The van der Waals surface area contributed by atoms with Crippen LogP contribution in [0, 0.1) is 0 Å². The van der Waals surface area contributed by atoms with E-state index in [1.807, 2.05) is 37.4 Å². The number of amides is 1. The number of fused-ring (bicyclic) bond motifs is 1. The Morgan fingerprint density at radius 1 is 1.14 bits per heavy atom. The zero-order valence-electron chi connectivity index (χ0n) is 17.5. The first-order chi connectivity index (χ1) is 14.0. The summed E-state index contributed by atoms with van der Waals surface area (Å²) in [7, 11) is 1.87. The Hall–Kier alpha value is -2.82. The fourth-order valence-electron chi connectivity index (χ4n) is 4.04. The summed E-state index contributed by atoms with van der Waals surface area (Å²) in [4.78, 5) is 18.7. The number of aromatic nitrogens is 2. The molecule has 1 fully saturated rings. The molecule has 29 heavy (non-hydrogen) atoms. The number of rotatable bonds is 7. The highest BCUT2D eigenvalue weighted by molar-refractivity contribution is 5.80. The molecule has 2 aromatic carbocycles. The van der Waals surface area contributed by atoms with E-state index < -0.39 is 0 Å². The van der Waals surface area contributed by atoms with Crippen molar-refractivity contribution in [2.75, 3.05) is 20.2 Å². The summed E-state index contributed by atoms with van der Waals surface area (Å²) in [6, 6.07) is 16.6. The third-order valence-corrected chi connectivity index (χ3v) is 5.73. The number of benzene rings is 2. The van der Waals surface area contributed by atoms with E-state index in [1.54, 1.807) is 4.90 Å². The summed E-state index contributed by atoms with van der Waals surface area (Å²) in [5.41, 5.74) is 3.45. The molecule has 0 N–H and O–H groups in total. The lowest BCUT2D eigenvalue weighted by molar-refractivity contribution is -0.126. The topological polar surface area (TPSA) is 47.4 Å². The minimum absolute atomic E-state index is 0.157. The molecule has 1 atom stereocenters. The fourth-order valence-corrected chi connectivity index (χ4v) is 4.04. The van der Waals surface area contributed by atoms with E-state index in [0.717, 1.165) is 42.1 Å². The minimum Gasteiger partial charge on any atom is -0.494 e. The standard InChI is InChI=1S/C24H29N3O2/c1-17(2)18-9-11-20(12-10-18)29-14-6-13-27-22-8-5-4-7-21(22)25-24(27)19-15-23(28)26(3)16-19/h4-5,7-12,17,19H,6,13-16H2,1-3H3. The molecule has 4 rings (SSSR count). The monoisotopic (exact) mass is 391 g/mol. The molecule has 2 heterocycles. The number of likely N-dealkylation sites (N-methyl/N-ethyl adjacent to an activating group) is 1. The van der Waals surface area contributed by atoms with E-state index in [1.165, 1.54) is 5.56 Å². The molecule has 1 aromatic heterocycles. The summed E-state index contributed by atoms with van der Waals surface area (Å²) in [6.07, 6.45) is 1.42. The zero-order chi connectivity index (χ0) is 20.4. The summed E-state index contributed by atoms with van der Waals surface area (Å²) in [6.45, 7) is 6.60. The maximum Gasteiger partial charge on any atom is 0.223 e. The third kappa shape index (κ3) is 4.14. The number of aryl methyl sites for hydroxylation is 1. The van der Waals surface area contributed by atoms with Gasteiger partial charge in [-0.15, -0.1) is 0 Å². The molecule has 1 aliphatic rings. The molecule has 5 nitrogen and oxygen atoms in total. The van der Waals surface area contributed by atoms with E-state index in [0.29, 0.717) is 18.9 Å². The second kappa shape index (κ2) is 8.27. The Morgan fingerprint density at radius 2 is 1.90 bits per heavy atom. The molecule has 1 aliphatic heterocycles. The number of carbonyl (C=O) groups is 1. The Labute approximate surface area is 172 Å². The average Bonchev–Trinajstić information content (AvgIpc) is 3.25.